The van der Waals surface area contributed by atoms with E-state index in [1.54, 1.807) is 23.9 Å². The third kappa shape index (κ3) is 18.0. The van der Waals surface area contributed by atoms with Crippen LogP contribution in [0.5, 0.6) is 23.0 Å². The fraction of sp³-hybridized carbons (Fsp3) is 0.269. The second kappa shape index (κ2) is 27.5. The van der Waals surface area contributed by atoms with Gasteiger partial charge in [-0.3, -0.25) is 0 Å². The summed E-state index contributed by atoms with van der Waals surface area (Å²) in [6.45, 7) is 5.22. The highest BCUT2D eigenvalue weighted by Crippen LogP contribution is 2.34. The Labute approximate surface area is 392 Å². The van der Waals surface area contributed by atoms with E-state index in [-0.39, 0.29) is 26.4 Å². The Morgan fingerprint density at radius 3 is 1.58 bits per heavy atom. The van der Waals surface area contributed by atoms with Crippen molar-refractivity contribution >= 4 is 35.0 Å². The van der Waals surface area contributed by atoms with Gasteiger partial charge >= 0.3 is 0 Å². The van der Waals surface area contributed by atoms with Gasteiger partial charge < -0.3 is 46.1 Å². The number of hydrogen-bond donors (Lipinski definition) is 6. The second-order valence-electron chi connectivity index (χ2n) is 15.3. The predicted octanol–water partition coefficient (Wildman–Crippen LogP) is 10.6. The molecule has 6 aromatic rings. The lowest BCUT2D eigenvalue weighted by Gasteiger charge is -2.24. The van der Waals surface area contributed by atoms with Crippen molar-refractivity contribution in [3.63, 3.8) is 0 Å². The number of hydrogen-bond acceptors (Lipinski definition) is 10. The van der Waals surface area contributed by atoms with Crippen molar-refractivity contribution in [2.24, 2.45) is 11.5 Å². The Bertz CT molecular complexity index is 2280. The number of rotatable bonds is 21. The van der Waals surface area contributed by atoms with Gasteiger partial charge in [0, 0.05) is 25.9 Å². The van der Waals surface area contributed by atoms with Crippen LogP contribution in [0.15, 0.2) is 168 Å². The predicted molar refractivity (Wildman–Crippen MR) is 261 cm³/mol. The maximum atomic E-state index is 9.32. The van der Waals surface area contributed by atoms with Crippen LogP contribution in [0.3, 0.4) is 0 Å². The molecule has 0 saturated carbocycles. The molecule has 0 bridgehead atoms. The molecule has 0 radical (unpaired) electrons. The van der Waals surface area contributed by atoms with E-state index in [0.29, 0.717) is 59.8 Å². The summed E-state index contributed by atoms with van der Waals surface area (Å²) in [5.41, 5.74) is 14.0. The zero-order chi connectivity index (χ0) is 46.2. The third-order valence-electron chi connectivity index (χ3n) is 9.90. The lowest BCUT2D eigenvalue weighted by molar-refractivity contribution is 0.113. The molecule has 0 saturated heterocycles. The summed E-state index contributed by atoms with van der Waals surface area (Å²) in [5, 5.41) is 38.5. The molecule has 0 atom stereocenters. The number of aliphatic hydroxyl groups is 4. The first kappa shape index (κ1) is 51.8. The van der Waals surface area contributed by atoms with E-state index in [0.717, 1.165) is 50.6 Å². The normalized spacial score (nSPS) is 11.1. The third-order valence-corrected chi connectivity index (χ3v) is 11.6. The van der Waals surface area contributed by atoms with E-state index in [2.05, 4.69) is 12.6 Å². The summed E-state index contributed by atoms with van der Waals surface area (Å²) in [6, 6.07) is 47.0. The highest BCUT2D eigenvalue weighted by Gasteiger charge is 2.24. The Balaban J connectivity index is 0.000000265. The molecule has 0 aliphatic heterocycles. The Morgan fingerprint density at radius 1 is 0.547 bits per heavy atom. The van der Waals surface area contributed by atoms with Gasteiger partial charge in [0.05, 0.1) is 37.5 Å². The van der Waals surface area contributed by atoms with Crippen LogP contribution >= 0.6 is 35.0 Å². The van der Waals surface area contributed by atoms with Crippen LogP contribution in [0.1, 0.15) is 48.4 Å². The van der Waals surface area contributed by atoms with Gasteiger partial charge in [-0.2, -0.15) is 0 Å². The van der Waals surface area contributed by atoms with Gasteiger partial charge in [-0.15, -0.1) is 6.58 Å². The fourth-order valence-corrected chi connectivity index (χ4v) is 7.54. The quantitative estimate of drug-likeness (QED) is 0.0384. The van der Waals surface area contributed by atoms with Crippen LogP contribution < -0.4 is 25.7 Å². The SMILES string of the molecule is C=CC.NC(CO)(CO)CCCc1ccc(Sc2cccc(OCc3ccccc3)c2)cc1Cl.NC(CO)(CO)CCc1ccc(Oc2cccc(OCc3ccccc3)c2)cc1Cl. The van der Waals surface area contributed by atoms with Crippen molar-refractivity contribution < 1.29 is 34.6 Å². The molecule has 0 spiro atoms. The summed E-state index contributed by atoms with van der Waals surface area (Å²) < 4.78 is 17.7. The number of halogens is 2. The molecule has 0 amide bonds. The van der Waals surface area contributed by atoms with Gasteiger partial charge in [0.25, 0.3) is 0 Å². The summed E-state index contributed by atoms with van der Waals surface area (Å²) >= 11 is 14.5. The largest absolute Gasteiger partial charge is 0.489 e. The topological polar surface area (TPSA) is 161 Å². The number of aliphatic hydroxyl groups excluding tert-OH is 4. The molecule has 64 heavy (non-hydrogen) atoms. The lowest BCUT2D eigenvalue weighted by atomic mass is 9.94. The van der Waals surface area contributed by atoms with Crippen LogP contribution in [0.4, 0.5) is 0 Å². The monoisotopic (exact) mass is 926 g/mol. The van der Waals surface area contributed by atoms with E-state index in [1.807, 2.05) is 140 Å². The van der Waals surface area contributed by atoms with Gasteiger partial charge in [0.2, 0.25) is 0 Å². The van der Waals surface area contributed by atoms with E-state index in [4.69, 9.17) is 48.9 Å². The summed E-state index contributed by atoms with van der Waals surface area (Å²) in [5.74, 6) is 2.79. The molecule has 12 heteroatoms. The molecule has 6 rings (SSSR count). The average Bonchev–Trinajstić information content (AvgIpc) is 3.32. The molecule has 0 heterocycles. The molecule has 6 aromatic carbocycles. The van der Waals surface area contributed by atoms with Crippen LogP contribution in [0, 0.1) is 0 Å². The van der Waals surface area contributed by atoms with Crippen molar-refractivity contribution in [2.45, 2.75) is 73.1 Å². The molecule has 0 unspecified atom stereocenters. The smallest absolute Gasteiger partial charge is 0.131 e. The van der Waals surface area contributed by atoms with Gasteiger partial charge in [-0.1, -0.05) is 126 Å². The standard InChI is InChI=1S/C25H28ClNO3S.C24H26ClNO4.C3H6/c26-24-15-23(12-11-20(24)8-5-13-25(27,17-28)18-29)31-22-10-4-9-21(14-22)30-16-19-6-2-1-3-7-19;25-23-14-22(10-9-19(23)11-12-24(26,16-27)17-28)30-21-8-4-7-20(13-21)29-15-18-5-2-1-3-6-18;1-3-2/h1-4,6-7,9-12,14-15,28-29H,5,8,13,16-18,27H2;1-10,13-14,27-28H,11-12,15-17,26H2;3H,1H2,2H3. The number of aryl methyl sites for hydroxylation is 2. The molecular weight excluding hydrogens is 868 g/mol. The van der Waals surface area contributed by atoms with Crippen LogP contribution in [-0.4, -0.2) is 57.9 Å². The molecule has 0 aliphatic rings. The zero-order valence-electron chi connectivity index (χ0n) is 36.3. The molecule has 340 valence electrons. The first-order valence-electron chi connectivity index (χ1n) is 21.0. The van der Waals surface area contributed by atoms with Gasteiger partial charge in [-0.05, 0) is 116 Å². The summed E-state index contributed by atoms with van der Waals surface area (Å²) in [6.07, 6.45) is 4.72. The molecule has 0 fully saturated rings. The second-order valence-corrected chi connectivity index (χ2v) is 17.3. The van der Waals surface area contributed by atoms with Crippen LogP contribution in [0.2, 0.25) is 10.0 Å². The van der Waals surface area contributed by atoms with E-state index in [1.165, 1.54) is 0 Å². The number of nitrogens with two attached hydrogens (primary N) is 2. The van der Waals surface area contributed by atoms with Crippen molar-refractivity contribution in [1.82, 2.24) is 0 Å². The minimum absolute atomic E-state index is 0.235. The van der Waals surface area contributed by atoms with Gasteiger partial charge in [0.15, 0.2) is 0 Å². The highest BCUT2D eigenvalue weighted by atomic mass is 35.5. The van der Waals surface area contributed by atoms with Crippen molar-refractivity contribution in [3.8, 4) is 23.0 Å². The van der Waals surface area contributed by atoms with Crippen LogP contribution in [0.25, 0.3) is 0 Å². The molecule has 9 nitrogen and oxygen atoms in total. The maximum Gasteiger partial charge on any atom is 0.131 e. The average molecular weight is 928 g/mol. The lowest BCUT2D eigenvalue weighted by Crippen LogP contribution is -2.47. The number of ether oxygens (including phenoxy) is 3. The summed E-state index contributed by atoms with van der Waals surface area (Å²) in [7, 11) is 0. The zero-order valence-corrected chi connectivity index (χ0v) is 38.6. The molecular formula is C52H60Cl2N2O7S. The minimum Gasteiger partial charge on any atom is -0.489 e. The Morgan fingerprint density at radius 2 is 1.02 bits per heavy atom. The van der Waals surface area contributed by atoms with Crippen molar-refractivity contribution in [2.75, 3.05) is 26.4 Å². The first-order valence-corrected chi connectivity index (χ1v) is 22.6. The molecule has 0 aromatic heterocycles. The fourth-order valence-electron chi connectivity index (χ4n) is 6.03. The Hall–Kier alpha value is -4.85. The van der Waals surface area contributed by atoms with Crippen molar-refractivity contribution in [1.29, 1.82) is 0 Å². The van der Waals surface area contributed by atoms with E-state index >= 15 is 0 Å². The Kier molecular flexibility index (Phi) is 22.2. The maximum absolute atomic E-state index is 9.32. The van der Waals surface area contributed by atoms with Crippen molar-refractivity contribution in [3.05, 3.63) is 191 Å². The highest BCUT2D eigenvalue weighted by molar-refractivity contribution is 7.99. The summed E-state index contributed by atoms with van der Waals surface area (Å²) in [4.78, 5) is 2.13. The van der Waals surface area contributed by atoms with E-state index < -0.39 is 11.1 Å². The number of benzene rings is 6. The van der Waals surface area contributed by atoms with Gasteiger partial charge in [0.1, 0.15) is 36.2 Å². The van der Waals surface area contributed by atoms with Gasteiger partial charge in [-0.25, -0.2) is 0 Å². The van der Waals surface area contributed by atoms with E-state index in [9.17, 15) is 20.4 Å². The van der Waals surface area contributed by atoms with Crippen LogP contribution in [-0.2, 0) is 26.1 Å². The molecule has 0 aliphatic carbocycles. The first-order chi connectivity index (χ1) is 30.9. The molecule has 8 N–H and O–H groups in total. The minimum atomic E-state index is -1.02. The number of allylic oxidation sites excluding steroid dienone is 1.